The molecule has 0 spiro atoms. The van der Waals surface area contributed by atoms with Crippen LogP contribution in [0.3, 0.4) is 0 Å². The topological polar surface area (TPSA) is 86.3 Å². The van der Waals surface area contributed by atoms with Crippen LogP contribution in [0.15, 0.2) is 320 Å². The molecule has 0 radical (unpaired) electrons. The van der Waals surface area contributed by atoms with Crippen LogP contribution < -0.4 is 0 Å². The lowest BCUT2D eigenvalue weighted by Gasteiger charge is -2.17. The highest BCUT2D eigenvalue weighted by Gasteiger charge is 2.30. The van der Waals surface area contributed by atoms with Gasteiger partial charge in [-0.05, 0) is 115 Å². The molecule has 0 aliphatic carbocycles. The van der Waals surface area contributed by atoms with E-state index in [1.807, 2.05) is 6.07 Å². The van der Waals surface area contributed by atoms with Crippen LogP contribution in [0.2, 0.25) is 0 Å². The summed E-state index contributed by atoms with van der Waals surface area (Å²) in [6.07, 6.45) is 0. The summed E-state index contributed by atoms with van der Waals surface area (Å²) in [5, 5.41) is 9.70. The predicted octanol–water partition coefficient (Wildman–Crippen LogP) is 21.7. The van der Waals surface area contributed by atoms with E-state index in [0.29, 0.717) is 17.2 Å². The maximum absolute atomic E-state index is 6.92. The first-order valence-electron chi connectivity index (χ1n) is 33.2. The summed E-state index contributed by atoms with van der Waals surface area (Å²) < 4.78 is 23.7. The molecular formula is C87H52N10O. The lowest BCUT2D eigenvalue weighted by Crippen LogP contribution is -2.06. The zero-order valence-corrected chi connectivity index (χ0v) is 52.4. The fourth-order valence-electron chi connectivity index (χ4n) is 16.4. The normalized spacial score (nSPS) is 12.3. The summed E-state index contributed by atoms with van der Waals surface area (Å²) >= 11 is 0. The van der Waals surface area contributed by atoms with Gasteiger partial charge in [-0.2, -0.15) is 0 Å². The number of nitrogens with zero attached hydrogens (tertiary/aromatic N) is 10. The van der Waals surface area contributed by atoms with Gasteiger partial charge in [0, 0.05) is 72.0 Å². The molecule has 11 heteroatoms. The minimum Gasteiger partial charge on any atom is -0.454 e. The highest BCUT2D eigenvalue weighted by atomic mass is 16.3. The van der Waals surface area contributed by atoms with Crippen molar-refractivity contribution in [3.05, 3.63) is 315 Å². The third-order valence-corrected chi connectivity index (χ3v) is 20.3. The lowest BCUT2D eigenvalue weighted by atomic mass is 10.1. The van der Waals surface area contributed by atoms with E-state index in [1.165, 1.54) is 0 Å². The van der Waals surface area contributed by atoms with Crippen molar-refractivity contribution in [1.82, 2.24) is 46.9 Å². The Labute approximate surface area is 557 Å². The number of pyridine rings is 3. The summed E-state index contributed by atoms with van der Waals surface area (Å²) in [7, 11) is 0. The van der Waals surface area contributed by atoms with Crippen LogP contribution >= 0.6 is 0 Å². The molecule has 0 atom stereocenters. The fourth-order valence-corrected chi connectivity index (χ4v) is 16.4. The molecule has 0 bridgehead atoms. The first-order valence-corrected chi connectivity index (χ1v) is 33.2. The molecule has 0 amide bonds. The van der Waals surface area contributed by atoms with Gasteiger partial charge in [-0.1, -0.05) is 188 Å². The van der Waals surface area contributed by atoms with Crippen LogP contribution in [-0.4, -0.2) is 46.9 Å². The number of aromatic nitrogens is 10. The molecule has 0 aliphatic rings. The van der Waals surface area contributed by atoms with Crippen LogP contribution in [0.25, 0.3) is 194 Å². The zero-order valence-electron chi connectivity index (χ0n) is 52.4. The van der Waals surface area contributed by atoms with E-state index in [0.717, 1.165) is 177 Å². The number of para-hydroxylation sites is 11. The van der Waals surface area contributed by atoms with Gasteiger partial charge in [-0.3, -0.25) is 13.7 Å². The van der Waals surface area contributed by atoms with Gasteiger partial charge in [-0.25, -0.2) is 15.0 Å². The minimum atomic E-state index is 0.670. The van der Waals surface area contributed by atoms with Gasteiger partial charge in [-0.15, -0.1) is 0 Å². The average Bonchev–Trinajstić information content (AvgIpc) is 1.56. The standard InChI is InChI=1S/C87H52N10O/c1-3-26-54(27-4-1)91-69-39-17-8-30-58(69)81-80(91)59-31-9-19-41-71(59)93(81)56-49-67(89-78(51-56)96-73-43-21-11-33-61(73)82-83(96)60-32-10-18-40-70(60)92(82)55-28-5-2-6-29-55)68-50-57(94-75-45-23-14-36-64(75)87-86(94)65-37-15-24-46-76(65)98-87)52-79(90-68)97-74-44-22-13-35-63(74)84-85(97)62-34-12-20-42-72(62)95(84)77-48-47-53-25-7-16-38-66(53)88-77/h1-52H. The second-order valence-corrected chi connectivity index (χ2v) is 25.5. The molecule has 98 heavy (non-hydrogen) atoms. The van der Waals surface area contributed by atoms with Gasteiger partial charge < -0.3 is 22.7 Å². The summed E-state index contributed by atoms with van der Waals surface area (Å²) in [6.45, 7) is 0. The molecule has 0 aliphatic heterocycles. The number of fused-ring (bicyclic) bond motifs is 21. The van der Waals surface area contributed by atoms with E-state index in [1.54, 1.807) is 0 Å². The van der Waals surface area contributed by atoms with Crippen molar-refractivity contribution < 1.29 is 4.42 Å². The van der Waals surface area contributed by atoms with Gasteiger partial charge in [0.15, 0.2) is 5.58 Å². The van der Waals surface area contributed by atoms with Gasteiger partial charge in [0.05, 0.1) is 100.0 Å². The van der Waals surface area contributed by atoms with Crippen molar-refractivity contribution in [2.75, 3.05) is 0 Å². The quantitative estimate of drug-likeness (QED) is 0.152. The maximum Gasteiger partial charge on any atom is 0.161 e. The smallest absolute Gasteiger partial charge is 0.161 e. The average molecular weight is 1250 g/mol. The highest BCUT2D eigenvalue weighted by Crippen LogP contribution is 2.47. The molecule has 0 N–H and O–H groups in total. The second-order valence-electron chi connectivity index (χ2n) is 25.5. The van der Waals surface area contributed by atoms with E-state index in [-0.39, 0.29) is 0 Å². The van der Waals surface area contributed by atoms with Crippen molar-refractivity contribution >= 4 is 142 Å². The summed E-state index contributed by atoms with van der Waals surface area (Å²) in [4.78, 5) is 17.6. The Morgan fingerprint density at radius 2 is 0.541 bits per heavy atom. The van der Waals surface area contributed by atoms with Gasteiger partial charge in [0.2, 0.25) is 0 Å². The molecule has 11 aromatic carbocycles. The van der Waals surface area contributed by atoms with Crippen LogP contribution in [0.1, 0.15) is 0 Å². The Balaban J connectivity index is 0.907. The second kappa shape index (κ2) is 20.0. The molecule has 0 unspecified atom stereocenters. The molecule has 11 aromatic heterocycles. The molecule has 0 fully saturated rings. The van der Waals surface area contributed by atoms with Crippen molar-refractivity contribution in [2.24, 2.45) is 0 Å². The molecule has 0 saturated heterocycles. The predicted molar refractivity (Wildman–Crippen MR) is 400 cm³/mol. The van der Waals surface area contributed by atoms with Crippen molar-refractivity contribution in [3.8, 4) is 51.6 Å². The number of hydrogen-bond donors (Lipinski definition) is 0. The monoisotopic (exact) mass is 1250 g/mol. The van der Waals surface area contributed by atoms with Gasteiger partial charge in [0.25, 0.3) is 0 Å². The summed E-state index contributed by atoms with van der Waals surface area (Å²) in [5.74, 6) is 2.28. The van der Waals surface area contributed by atoms with E-state index >= 15 is 0 Å². The van der Waals surface area contributed by atoms with Crippen LogP contribution in [0.4, 0.5) is 0 Å². The Kier molecular flexibility index (Phi) is 10.8. The molecular weight excluding hydrogens is 1200 g/mol. The third kappa shape index (κ3) is 7.27. The zero-order chi connectivity index (χ0) is 63.8. The lowest BCUT2D eigenvalue weighted by molar-refractivity contribution is 0.673. The molecule has 11 nitrogen and oxygen atoms in total. The number of rotatable bonds is 8. The van der Waals surface area contributed by atoms with Gasteiger partial charge >= 0.3 is 0 Å². The SMILES string of the molecule is c1ccc(-n2c3ccccc3c3c2c2ccccc2n3-c2cc(-c3cc(-n4c5ccccc5c5oc6ccccc6c54)cc(-n4c5ccccc5c5c4c4ccccc4n5-c4ccc5ccccc5n4)n3)nc(-n3c4ccccc4c4c3c3ccccc3n4-c3ccccc3)c2)cc1. The van der Waals surface area contributed by atoms with Gasteiger partial charge in [0.1, 0.15) is 28.6 Å². The molecule has 11 heterocycles. The van der Waals surface area contributed by atoms with E-state index in [9.17, 15) is 0 Å². The third-order valence-electron chi connectivity index (χ3n) is 20.3. The number of furan rings is 1. The number of benzene rings is 11. The molecule has 456 valence electrons. The van der Waals surface area contributed by atoms with Crippen LogP contribution in [-0.2, 0) is 0 Å². The minimum absolute atomic E-state index is 0.670. The Hall–Kier alpha value is -13.5. The van der Waals surface area contributed by atoms with Crippen molar-refractivity contribution in [1.29, 1.82) is 0 Å². The fraction of sp³-hybridized carbons (Fsp3) is 0. The number of hydrogen-bond acceptors (Lipinski definition) is 4. The largest absolute Gasteiger partial charge is 0.454 e. The molecule has 0 saturated carbocycles. The van der Waals surface area contributed by atoms with Crippen LogP contribution in [0, 0.1) is 0 Å². The first kappa shape index (κ1) is 52.9. The van der Waals surface area contributed by atoms with E-state index < -0.39 is 0 Å². The van der Waals surface area contributed by atoms with Crippen molar-refractivity contribution in [2.45, 2.75) is 0 Å². The Morgan fingerprint density at radius 1 is 0.214 bits per heavy atom. The van der Waals surface area contributed by atoms with Crippen molar-refractivity contribution in [3.63, 3.8) is 0 Å². The Morgan fingerprint density at radius 3 is 1.00 bits per heavy atom. The van der Waals surface area contributed by atoms with E-state index in [2.05, 4.69) is 341 Å². The van der Waals surface area contributed by atoms with Crippen LogP contribution in [0.5, 0.6) is 0 Å². The Bertz CT molecular complexity index is 6890. The first-order chi connectivity index (χ1) is 48.7. The molecule has 22 aromatic rings. The summed E-state index contributed by atoms with van der Waals surface area (Å²) in [6, 6.07) is 113. The maximum atomic E-state index is 6.92. The highest BCUT2D eigenvalue weighted by molar-refractivity contribution is 6.23. The van der Waals surface area contributed by atoms with E-state index in [4.69, 9.17) is 19.4 Å². The molecule has 22 rings (SSSR count). The summed E-state index contributed by atoms with van der Waals surface area (Å²) in [5.41, 5.74) is 22.6.